The number of ether oxygens (including phenoxy) is 2. The maximum absolute atomic E-state index is 11.3. The molecule has 1 saturated carbocycles. The molecule has 1 aliphatic carbocycles. The molecule has 5 atom stereocenters. The first-order chi connectivity index (χ1) is 8.08. The van der Waals surface area contributed by atoms with Crippen molar-refractivity contribution >= 4 is 11.9 Å². The van der Waals surface area contributed by atoms with Crippen LogP contribution in [-0.2, 0) is 19.1 Å². The zero-order chi connectivity index (χ0) is 12.6. The molecule has 2 bridgehead atoms. The maximum Gasteiger partial charge on any atom is 0.306 e. The van der Waals surface area contributed by atoms with Crippen LogP contribution in [-0.4, -0.2) is 47.1 Å². The summed E-state index contributed by atoms with van der Waals surface area (Å²) in [6.45, 7) is 1.41. The lowest BCUT2D eigenvalue weighted by atomic mass is 9.91. The van der Waals surface area contributed by atoms with Crippen LogP contribution < -0.4 is 0 Å². The van der Waals surface area contributed by atoms with Gasteiger partial charge in [0, 0.05) is 24.9 Å². The van der Waals surface area contributed by atoms with Crippen LogP contribution in [0.25, 0.3) is 0 Å². The summed E-state index contributed by atoms with van der Waals surface area (Å²) in [7, 11) is 0. The number of fused-ring (bicyclic) bond motifs is 2. The number of hydrogen-bond donors (Lipinski definition) is 2. The van der Waals surface area contributed by atoms with Gasteiger partial charge in [-0.15, -0.1) is 0 Å². The number of aliphatic hydroxyl groups excluding tert-OH is 2. The predicted octanol–water partition coefficient (Wildman–Crippen LogP) is -0.777. The largest absolute Gasteiger partial charge is 0.458 e. The molecular weight excluding hydrogens is 228 g/mol. The van der Waals surface area contributed by atoms with Crippen molar-refractivity contribution in [1.82, 2.24) is 0 Å². The Hall–Kier alpha value is -1.14. The van der Waals surface area contributed by atoms with Crippen molar-refractivity contribution in [3.05, 3.63) is 0 Å². The van der Waals surface area contributed by atoms with E-state index in [9.17, 15) is 19.8 Å². The molecular formula is C11H16O6. The molecule has 2 N–H and O–H groups in total. The number of aliphatic hydroxyl groups is 2. The quantitative estimate of drug-likeness (QED) is 0.633. The third kappa shape index (κ3) is 2.02. The second-order valence-electron chi connectivity index (χ2n) is 4.47. The second-order valence-corrected chi connectivity index (χ2v) is 4.47. The Kier molecular flexibility index (Phi) is 3.35. The molecule has 1 unspecified atom stereocenters. The van der Waals surface area contributed by atoms with Crippen LogP contribution in [0.5, 0.6) is 0 Å². The summed E-state index contributed by atoms with van der Waals surface area (Å²) in [4.78, 5) is 22.6. The first-order valence-corrected chi connectivity index (χ1v) is 5.76. The van der Waals surface area contributed by atoms with Gasteiger partial charge in [0.15, 0.2) is 6.10 Å². The smallest absolute Gasteiger partial charge is 0.306 e. The van der Waals surface area contributed by atoms with Crippen LogP contribution in [0.1, 0.15) is 19.8 Å². The molecule has 0 amide bonds. The van der Waals surface area contributed by atoms with Crippen molar-refractivity contribution in [1.29, 1.82) is 0 Å². The molecule has 1 heterocycles. The minimum atomic E-state index is -0.862. The molecule has 0 radical (unpaired) electrons. The highest BCUT2D eigenvalue weighted by molar-refractivity contribution is 5.72. The molecule has 1 aliphatic heterocycles. The Morgan fingerprint density at radius 1 is 1.59 bits per heavy atom. The van der Waals surface area contributed by atoms with E-state index in [0.29, 0.717) is 0 Å². The van der Waals surface area contributed by atoms with Crippen LogP contribution in [0.2, 0.25) is 0 Å². The summed E-state index contributed by atoms with van der Waals surface area (Å²) in [6, 6.07) is 0. The Morgan fingerprint density at radius 3 is 2.88 bits per heavy atom. The molecule has 96 valence electrons. The van der Waals surface area contributed by atoms with Crippen molar-refractivity contribution in [3.63, 3.8) is 0 Å². The van der Waals surface area contributed by atoms with Gasteiger partial charge in [-0.05, 0) is 0 Å². The summed E-state index contributed by atoms with van der Waals surface area (Å²) in [5.41, 5.74) is 0. The van der Waals surface area contributed by atoms with Crippen molar-refractivity contribution in [3.8, 4) is 0 Å². The number of esters is 2. The minimum absolute atomic E-state index is 0.0586. The zero-order valence-corrected chi connectivity index (χ0v) is 9.54. The lowest BCUT2D eigenvalue weighted by molar-refractivity contribution is -0.176. The lowest BCUT2D eigenvalue weighted by Crippen LogP contribution is -2.41. The second kappa shape index (κ2) is 4.62. The summed E-state index contributed by atoms with van der Waals surface area (Å²) < 4.78 is 10.2. The van der Waals surface area contributed by atoms with Gasteiger partial charge in [-0.2, -0.15) is 0 Å². The van der Waals surface area contributed by atoms with E-state index >= 15 is 0 Å². The first-order valence-electron chi connectivity index (χ1n) is 5.76. The molecule has 2 aliphatic rings. The molecule has 0 spiro atoms. The Morgan fingerprint density at radius 2 is 2.29 bits per heavy atom. The van der Waals surface area contributed by atoms with Gasteiger partial charge in [-0.1, -0.05) is 6.92 Å². The average molecular weight is 244 g/mol. The van der Waals surface area contributed by atoms with Crippen LogP contribution in [0.4, 0.5) is 0 Å². The number of carbonyl (C=O) groups excluding carboxylic acids is 2. The Labute approximate surface area is 98.5 Å². The van der Waals surface area contributed by atoms with Gasteiger partial charge in [-0.25, -0.2) is 0 Å². The van der Waals surface area contributed by atoms with Crippen molar-refractivity contribution in [2.24, 2.45) is 11.8 Å². The molecule has 0 aromatic rings. The normalized spacial score (nSPS) is 39.9. The lowest BCUT2D eigenvalue weighted by Gasteiger charge is -2.26. The predicted molar refractivity (Wildman–Crippen MR) is 54.7 cm³/mol. The van der Waals surface area contributed by atoms with Gasteiger partial charge in [-0.3, -0.25) is 9.59 Å². The van der Waals surface area contributed by atoms with Crippen molar-refractivity contribution < 1.29 is 29.3 Å². The number of rotatable bonds is 3. The van der Waals surface area contributed by atoms with Crippen LogP contribution in [0.15, 0.2) is 0 Å². The third-order valence-electron chi connectivity index (χ3n) is 3.51. The highest BCUT2D eigenvalue weighted by Gasteiger charge is 2.57. The van der Waals surface area contributed by atoms with Gasteiger partial charge in [0.25, 0.3) is 0 Å². The van der Waals surface area contributed by atoms with E-state index in [0.717, 1.165) is 0 Å². The summed E-state index contributed by atoms with van der Waals surface area (Å²) in [5, 5.41) is 19.2. The van der Waals surface area contributed by atoms with Gasteiger partial charge in [0.1, 0.15) is 6.10 Å². The van der Waals surface area contributed by atoms with Gasteiger partial charge < -0.3 is 19.7 Å². The van der Waals surface area contributed by atoms with Crippen molar-refractivity contribution in [2.75, 3.05) is 6.61 Å². The van der Waals surface area contributed by atoms with E-state index < -0.39 is 36.2 Å². The standard InChI is InChI=1S/C11H16O6/c1-2-7(13)16-10-6(4-12)5-3-8(14)17-11(10)9(5)15/h5-6,9-12,15H,2-4H2,1H3/t5-,6+,9+,10+,11?/m1/s1. The van der Waals surface area contributed by atoms with Crippen LogP contribution in [0, 0.1) is 11.8 Å². The summed E-state index contributed by atoms with van der Waals surface area (Å²) in [5.74, 6) is -1.67. The fourth-order valence-corrected chi connectivity index (χ4v) is 2.61. The van der Waals surface area contributed by atoms with Gasteiger partial charge in [0.2, 0.25) is 0 Å². The summed E-state index contributed by atoms with van der Waals surface area (Å²) >= 11 is 0. The molecule has 0 aromatic carbocycles. The Bertz CT molecular complexity index is 328. The van der Waals surface area contributed by atoms with E-state index in [1.54, 1.807) is 6.92 Å². The SMILES string of the molecule is CCC(=O)O[C@@H]1C2OC(=O)C[C@H]([C@@H]1CO)[C@@H]2O. The maximum atomic E-state index is 11.3. The van der Waals surface area contributed by atoms with Crippen LogP contribution >= 0.6 is 0 Å². The fourth-order valence-electron chi connectivity index (χ4n) is 2.61. The molecule has 1 saturated heterocycles. The zero-order valence-electron chi connectivity index (χ0n) is 9.54. The van der Waals surface area contributed by atoms with Crippen molar-refractivity contribution in [2.45, 2.75) is 38.1 Å². The molecule has 17 heavy (non-hydrogen) atoms. The van der Waals surface area contributed by atoms with E-state index in [1.807, 2.05) is 0 Å². The molecule has 6 nitrogen and oxygen atoms in total. The molecule has 2 rings (SSSR count). The van der Waals surface area contributed by atoms with Gasteiger partial charge in [0.05, 0.1) is 12.5 Å². The molecule has 0 aromatic heterocycles. The highest BCUT2D eigenvalue weighted by atomic mass is 16.6. The number of carbonyl (C=O) groups is 2. The first kappa shape index (κ1) is 12.3. The molecule has 6 heteroatoms. The fraction of sp³-hybridized carbons (Fsp3) is 0.818. The highest BCUT2D eigenvalue weighted by Crippen LogP contribution is 2.42. The summed E-state index contributed by atoms with van der Waals surface area (Å²) in [6.07, 6.45) is -2.17. The monoisotopic (exact) mass is 244 g/mol. The van der Waals surface area contributed by atoms with E-state index in [-0.39, 0.29) is 25.4 Å². The van der Waals surface area contributed by atoms with Crippen LogP contribution in [0.3, 0.4) is 0 Å². The Balaban J connectivity index is 2.18. The molecule has 2 fully saturated rings. The van der Waals surface area contributed by atoms with Gasteiger partial charge >= 0.3 is 11.9 Å². The minimum Gasteiger partial charge on any atom is -0.458 e. The van der Waals surface area contributed by atoms with E-state index in [2.05, 4.69) is 0 Å². The van der Waals surface area contributed by atoms with E-state index in [4.69, 9.17) is 9.47 Å². The topological polar surface area (TPSA) is 93.1 Å². The third-order valence-corrected chi connectivity index (χ3v) is 3.51. The van der Waals surface area contributed by atoms with E-state index in [1.165, 1.54) is 0 Å². The number of hydrogen-bond acceptors (Lipinski definition) is 6. The average Bonchev–Trinajstić information content (AvgIpc) is 2.47.